The molecule has 0 radical (unpaired) electrons. The lowest BCUT2D eigenvalue weighted by Gasteiger charge is -2.21. The molecule has 0 bridgehead atoms. The maximum Gasteiger partial charge on any atom is 0.257 e. The van der Waals surface area contributed by atoms with Gasteiger partial charge in [0.05, 0.1) is 25.2 Å². The number of nitrogens with zero attached hydrogens (tertiary/aromatic N) is 1. The third kappa shape index (κ3) is 7.10. The predicted octanol–water partition coefficient (Wildman–Crippen LogP) is 3.88. The van der Waals surface area contributed by atoms with Crippen LogP contribution in [0.1, 0.15) is 11.1 Å². The average Bonchev–Trinajstić information content (AvgIpc) is 2.77. The van der Waals surface area contributed by atoms with E-state index in [2.05, 4.69) is 4.83 Å². The summed E-state index contributed by atoms with van der Waals surface area (Å²) in [6, 6.07) is 24.7. The van der Waals surface area contributed by atoms with Crippen molar-refractivity contribution >= 4 is 22.4 Å². The van der Waals surface area contributed by atoms with E-state index >= 15 is 0 Å². The lowest BCUT2D eigenvalue weighted by molar-refractivity contribution is -0.396. The third-order valence-electron chi connectivity index (χ3n) is 3.95. The molecule has 0 aliphatic heterocycles. The van der Waals surface area contributed by atoms with Crippen molar-refractivity contribution in [1.82, 2.24) is 10.2 Å². The van der Waals surface area contributed by atoms with Gasteiger partial charge in [-0.1, -0.05) is 65.5 Å². The lowest BCUT2D eigenvalue weighted by atomic mass is 10.2. The first-order valence-corrected chi connectivity index (χ1v) is 10.4. The van der Waals surface area contributed by atoms with E-state index in [0.717, 1.165) is 16.5 Å². The van der Waals surface area contributed by atoms with Crippen LogP contribution in [0.2, 0.25) is 0 Å². The summed E-state index contributed by atoms with van der Waals surface area (Å²) in [6.45, 7) is 0.252. The minimum absolute atomic E-state index is 0. The number of methoxy groups -OCH3 is 1. The van der Waals surface area contributed by atoms with Gasteiger partial charge < -0.3 is 4.74 Å². The molecule has 0 aromatic heterocycles. The van der Waals surface area contributed by atoms with Gasteiger partial charge >= 0.3 is 0 Å². The zero-order valence-electron chi connectivity index (χ0n) is 16.3. The Morgan fingerprint density at radius 1 is 0.767 bits per heavy atom. The van der Waals surface area contributed by atoms with Crippen molar-refractivity contribution in [1.29, 1.82) is 0 Å². The van der Waals surface area contributed by atoms with Crippen LogP contribution in [0.4, 0.5) is 0 Å². The van der Waals surface area contributed by atoms with Gasteiger partial charge in [-0.25, -0.2) is 8.42 Å². The monoisotopic (exact) mass is 450 g/mol. The van der Waals surface area contributed by atoms with Gasteiger partial charge in [-0.05, 0) is 35.4 Å². The van der Waals surface area contributed by atoms with Crippen LogP contribution in [0, 0.1) is 0 Å². The lowest BCUT2D eigenvalue weighted by Crippen LogP contribution is -2.41. The van der Waals surface area contributed by atoms with Crippen molar-refractivity contribution in [2.24, 2.45) is 0 Å². The summed E-state index contributed by atoms with van der Waals surface area (Å²) < 4.78 is 30.5. The minimum atomic E-state index is -3.92. The minimum Gasteiger partial charge on any atom is -0.497 e. The fourth-order valence-corrected chi connectivity index (χ4v) is 3.31. The number of halogens is 1. The first-order valence-electron chi connectivity index (χ1n) is 8.87. The number of benzene rings is 3. The molecule has 0 saturated heterocycles. The summed E-state index contributed by atoms with van der Waals surface area (Å²) in [5, 5.41) is 0.777. The first-order chi connectivity index (χ1) is 14.1. The van der Waals surface area contributed by atoms with Crippen LogP contribution in [0.3, 0.4) is 0 Å². The van der Waals surface area contributed by atoms with Crippen LogP contribution in [0.5, 0.6) is 5.75 Å². The molecule has 9 heteroatoms. The Hall–Kier alpha value is -2.46. The van der Waals surface area contributed by atoms with Crippen molar-refractivity contribution < 1.29 is 22.8 Å². The highest BCUT2D eigenvalue weighted by atomic mass is 35.5. The molecule has 0 spiro atoms. The molecule has 0 fully saturated rings. The Balaban J connectivity index is 0.00000320. The Bertz CT molecular complexity index is 943. The molecule has 0 saturated carbocycles. The predicted molar refractivity (Wildman–Crippen MR) is 115 cm³/mol. The Labute approximate surface area is 182 Å². The number of rotatable bonds is 10. The Kier molecular flexibility index (Phi) is 9.25. The van der Waals surface area contributed by atoms with E-state index in [1.54, 1.807) is 12.1 Å². The molecule has 3 rings (SSSR count). The average molecular weight is 451 g/mol. The van der Waals surface area contributed by atoms with Gasteiger partial charge in [-0.3, -0.25) is 9.68 Å². The Morgan fingerprint density at radius 3 is 1.67 bits per heavy atom. The highest BCUT2D eigenvalue weighted by Crippen LogP contribution is 2.16. The standard InChI is InChI=1S/C21H22N2O5S.ClH/c1-26-20-12-14-21(15-13-20)29(24,25)22-23(27-16-18-8-4-2-5-9-18)28-17-19-10-6-3-7-11-19;/h2-15,22H,16-17H2,1H3;1H. The van der Waals surface area contributed by atoms with Gasteiger partial charge in [0.25, 0.3) is 10.0 Å². The molecule has 0 amide bonds. The summed E-state index contributed by atoms with van der Waals surface area (Å²) in [6.07, 6.45) is 0. The van der Waals surface area contributed by atoms with E-state index < -0.39 is 10.0 Å². The smallest absolute Gasteiger partial charge is 0.257 e. The Morgan fingerprint density at radius 2 is 1.23 bits per heavy atom. The van der Waals surface area contributed by atoms with Crippen LogP contribution in [-0.4, -0.2) is 20.9 Å². The summed E-state index contributed by atoms with van der Waals surface area (Å²) in [7, 11) is -2.41. The summed E-state index contributed by atoms with van der Waals surface area (Å²) in [4.78, 5) is 13.5. The number of nitrogens with one attached hydrogen (secondary N) is 1. The van der Waals surface area contributed by atoms with E-state index in [-0.39, 0.29) is 30.5 Å². The molecule has 3 aromatic rings. The van der Waals surface area contributed by atoms with Crippen LogP contribution < -0.4 is 9.57 Å². The molecule has 1 N–H and O–H groups in total. The molecule has 7 nitrogen and oxygen atoms in total. The molecular weight excluding hydrogens is 428 g/mol. The number of sulfonamides is 1. The number of ether oxygens (including phenoxy) is 1. The second kappa shape index (κ2) is 11.7. The van der Waals surface area contributed by atoms with Gasteiger partial charge in [0.2, 0.25) is 0 Å². The van der Waals surface area contributed by atoms with E-state index in [0.29, 0.717) is 5.75 Å². The summed E-state index contributed by atoms with van der Waals surface area (Å²) in [5.74, 6) is 0.557. The molecule has 0 aliphatic rings. The van der Waals surface area contributed by atoms with E-state index in [1.807, 2.05) is 60.7 Å². The fraction of sp³-hybridized carbons (Fsp3) is 0.143. The molecule has 30 heavy (non-hydrogen) atoms. The SMILES string of the molecule is COc1ccc(S(=O)(=O)NN(OCc2ccccc2)OCc2ccccc2)cc1.Cl. The van der Waals surface area contributed by atoms with E-state index in [1.165, 1.54) is 19.2 Å². The number of hydrogen-bond acceptors (Lipinski definition) is 6. The first kappa shape index (κ1) is 23.8. The van der Waals surface area contributed by atoms with E-state index in [9.17, 15) is 8.42 Å². The van der Waals surface area contributed by atoms with Gasteiger partial charge in [0.15, 0.2) is 0 Å². The second-order valence-corrected chi connectivity index (χ2v) is 7.71. The van der Waals surface area contributed by atoms with Crippen LogP contribution in [-0.2, 0) is 32.9 Å². The van der Waals surface area contributed by atoms with E-state index in [4.69, 9.17) is 14.4 Å². The van der Waals surface area contributed by atoms with Crippen molar-refractivity contribution in [3.63, 3.8) is 0 Å². The fourth-order valence-electron chi connectivity index (χ4n) is 2.41. The number of hydrogen-bond donors (Lipinski definition) is 1. The van der Waals surface area contributed by atoms with Crippen LogP contribution in [0.25, 0.3) is 0 Å². The molecule has 160 valence electrons. The highest BCUT2D eigenvalue weighted by Gasteiger charge is 2.20. The molecule has 0 aliphatic carbocycles. The van der Waals surface area contributed by atoms with Gasteiger partial charge in [0.1, 0.15) is 5.75 Å². The molecule has 3 aromatic carbocycles. The van der Waals surface area contributed by atoms with Crippen molar-refractivity contribution in [2.45, 2.75) is 18.1 Å². The van der Waals surface area contributed by atoms with Gasteiger partial charge in [-0.2, -0.15) is 0 Å². The zero-order chi connectivity index (χ0) is 20.5. The van der Waals surface area contributed by atoms with Gasteiger partial charge in [-0.15, -0.1) is 12.4 Å². The maximum atomic E-state index is 12.7. The topological polar surface area (TPSA) is 77.1 Å². The van der Waals surface area contributed by atoms with Crippen LogP contribution in [0.15, 0.2) is 89.8 Å². The largest absolute Gasteiger partial charge is 0.497 e. The molecular formula is C21H23ClN2O5S. The van der Waals surface area contributed by atoms with Crippen molar-refractivity contribution in [2.75, 3.05) is 7.11 Å². The number of hydrazine groups is 1. The highest BCUT2D eigenvalue weighted by molar-refractivity contribution is 7.89. The quantitative estimate of drug-likeness (QED) is 0.472. The van der Waals surface area contributed by atoms with Gasteiger partial charge in [0, 0.05) is 5.34 Å². The van der Waals surface area contributed by atoms with Crippen LogP contribution >= 0.6 is 12.4 Å². The van der Waals surface area contributed by atoms with Crippen molar-refractivity contribution in [3.05, 3.63) is 96.1 Å². The summed E-state index contributed by atoms with van der Waals surface area (Å²) in [5.41, 5.74) is 1.73. The normalized spacial score (nSPS) is 11.1. The zero-order valence-corrected chi connectivity index (χ0v) is 17.9. The van der Waals surface area contributed by atoms with Crippen molar-refractivity contribution in [3.8, 4) is 5.75 Å². The summed E-state index contributed by atoms with van der Waals surface area (Å²) >= 11 is 0. The molecule has 0 atom stereocenters. The molecule has 0 unspecified atom stereocenters. The maximum absolute atomic E-state index is 12.7. The molecule has 0 heterocycles. The second-order valence-electron chi connectivity index (χ2n) is 6.05. The third-order valence-corrected chi connectivity index (χ3v) is 5.23.